The maximum atomic E-state index is 13.3. The summed E-state index contributed by atoms with van der Waals surface area (Å²) in [6.07, 6.45) is 2.15. The van der Waals surface area contributed by atoms with Gasteiger partial charge in [-0.05, 0) is 75.4 Å². The molecular weight excluding hydrogens is 346 g/mol. The second-order valence-electron chi connectivity index (χ2n) is 7.91. The van der Waals surface area contributed by atoms with E-state index in [1.807, 2.05) is 15.6 Å². The second-order valence-corrected chi connectivity index (χ2v) is 7.91. The van der Waals surface area contributed by atoms with E-state index in [0.717, 1.165) is 48.4 Å². The third kappa shape index (κ3) is 3.35. The number of carbonyl (C=O) groups is 1. The Morgan fingerprint density at radius 1 is 0.857 bits per heavy atom. The van der Waals surface area contributed by atoms with Crippen LogP contribution in [0.5, 0.6) is 0 Å². The van der Waals surface area contributed by atoms with Crippen molar-refractivity contribution in [2.75, 3.05) is 13.1 Å². The molecule has 4 nitrogen and oxygen atoms in total. The summed E-state index contributed by atoms with van der Waals surface area (Å²) < 4.78 is 1.83. The van der Waals surface area contributed by atoms with Gasteiger partial charge in [-0.3, -0.25) is 4.79 Å². The topological polar surface area (TPSA) is 38.1 Å². The fraction of sp³-hybridized carbons (Fsp3) is 0.333. The van der Waals surface area contributed by atoms with Gasteiger partial charge in [-0.2, -0.15) is 5.10 Å². The van der Waals surface area contributed by atoms with Crippen molar-refractivity contribution in [1.29, 1.82) is 0 Å². The molecule has 1 saturated heterocycles. The second kappa shape index (κ2) is 7.27. The molecular formula is C24H27N3O. The number of hydrogen-bond donors (Lipinski definition) is 0. The van der Waals surface area contributed by atoms with Crippen LogP contribution in [-0.2, 0) is 0 Å². The van der Waals surface area contributed by atoms with Gasteiger partial charge in [-0.1, -0.05) is 29.8 Å². The van der Waals surface area contributed by atoms with Gasteiger partial charge in [0.05, 0.1) is 11.4 Å². The highest BCUT2D eigenvalue weighted by Crippen LogP contribution is 2.27. The Hall–Kier alpha value is -2.88. The zero-order valence-corrected chi connectivity index (χ0v) is 17.1. The fourth-order valence-corrected chi connectivity index (χ4v) is 3.88. The molecule has 28 heavy (non-hydrogen) atoms. The Morgan fingerprint density at radius 3 is 2.29 bits per heavy atom. The lowest BCUT2D eigenvalue weighted by Crippen LogP contribution is -2.29. The van der Waals surface area contributed by atoms with Crippen molar-refractivity contribution in [3.05, 3.63) is 70.4 Å². The molecule has 0 radical (unpaired) electrons. The number of nitrogens with zero attached hydrogens (tertiary/aromatic N) is 3. The fourth-order valence-electron chi connectivity index (χ4n) is 3.88. The molecule has 0 aliphatic carbocycles. The molecule has 0 unspecified atom stereocenters. The molecule has 0 atom stereocenters. The maximum Gasteiger partial charge on any atom is 0.272 e. The van der Waals surface area contributed by atoms with Crippen molar-refractivity contribution in [2.45, 2.75) is 40.5 Å². The molecule has 1 fully saturated rings. The van der Waals surface area contributed by atoms with Crippen LogP contribution in [0.1, 0.15) is 45.6 Å². The molecule has 4 heteroatoms. The van der Waals surface area contributed by atoms with E-state index in [9.17, 15) is 4.79 Å². The van der Waals surface area contributed by atoms with Crippen LogP contribution >= 0.6 is 0 Å². The summed E-state index contributed by atoms with van der Waals surface area (Å²) in [4.78, 5) is 15.2. The molecule has 1 aliphatic heterocycles. The van der Waals surface area contributed by atoms with E-state index < -0.39 is 0 Å². The molecule has 2 heterocycles. The van der Waals surface area contributed by atoms with Gasteiger partial charge in [0.2, 0.25) is 0 Å². The summed E-state index contributed by atoms with van der Waals surface area (Å²) in [6.45, 7) is 10.0. The van der Waals surface area contributed by atoms with Crippen LogP contribution in [0, 0.1) is 27.7 Å². The summed E-state index contributed by atoms with van der Waals surface area (Å²) >= 11 is 0. The van der Waals surface area contributed by atoms with Crippen LogP contribution in [0.2, 0.25) is 0 Å². The summed E-state index contributed by atoms with van der Waals surface area (Å²) in [6, 6.07) is 14.6. The van der Waals surface area contributed by atoms with Crippen LogP contribution in [0.25, 0.3) is 16.9 Å². The van der Waals surface area contributed by atoms with Gasteiger partial charge in [0.15, 0.2) is 0 Å². The number of aryl methyl sites for hydroxylation is 4. The molecule has 0 N–H and O–H groups in total. The minimum atomic E-state index is 0.0695. The third-order valence-electron chi connectivity index (χ3n) is 5.70. The third-order valence-corrected chi connectivity index (χ3v) is 5.70. The molecule has 0 bridgehead atoms. The molecule has 4 rings (SSSR count). The first-order valence-corrected chi connectivity index (χ1v) is 9.98. The standard InChI is InChI=1S/C24H27N3O/c1-16-7-10-22(19(4)13-16)27-23(24(28)26-11-5-6-12-26)15-21(25-27)20-9-8-17(2)18(3)14-20/h7-10,13-15H,5-6,11-12H2,1-4H3. The molecule has 1 aromatic heterocycles. The van der Waals surface area contributed by atoms with E-state index in [-0.39, 0.29) is 5.91 Å². The van der Waals surface area contributed by atoms with Crippen LogP contribution in [0.4, 0.5) is 0 Å². The smallest absolute Gasteiger partial charge is 0.272 e. The van der Waals surface area contributed by atoms with Crippen molar-refractivity contribution in [1.82, 2.24) is 14.7 Å². The number of carbonyl (C=O) groups excluding carboxylic acids is 1. The van der Waals surface area contributed by atoms with Crippen LogP contribution < -0.4 is 0 Å². The van der Waals surface area contributed by atoms with E-state index in [4.69, 9.17) is 5.10 Å². The number of hydrogen-bond acceptors (Lipinski definition) is 2. The average Bonchev–Trinajstić information content (AvgIpc) is 3.33. The summed E-state index contributed by atoms with van der Waals surface area (Å²) in [5, 5.41) is 4.87. The molecule has 144 valence electrons. The van der Waals surface area contributed by atoms with E-state index in [1.165, 1.54) is 16.7 Å². The minimum absolute atomic E-state index is 0.0695. The van der Waals surface area contributed by atoms with Crippen LogP contribution in [0.3, 0.4) is 0 Å². The highest BCUT2D eigenvalue weighted by atomic mass is 16.2. The highest BCUT2D eigenvalue weighted by Gasteiger charge is 2.25. The largest absolute Gasteiger partial charge is 0.337 e. The normalized spacial score (nSPS) is 13.9. The Morgan fingerprint density at radius 2 is 1.61 bits per heavy atom. The SMILES string of the molecule is Cc1ccc(-n2nc(-c3ccc(C)c(C)c3)cc2C(=O)N2CCCC2)c(C)c1. The predicted octanol–water partition coefficient (Wildman–Crippen LogP) is 5.01. The lowest BCUT2D eigenvalue weighted by atomic mass is 10.0. The van der Waals surface area contributed by atoms with E-state index in [2.05, 4.69) is 64.1 Å². The molecule has 2 aromatic carbocycles. The van der Waals surface area contributed by atoms with Gasteiger partial charge in [-0.25, -0.2) is 4.68 Å². The van der Waals surface area contributed by atoms with Crippen molar-refractivity contribution in [3.63, 3.8) is 0 Å². The highest BCUT2D eigenvalue weighted by molar-refractivity contribution is 5.94. The molecule has 0 saturated carbocycles. The van der Waals surface area contributed by atoms with Crippen molar-refractivity contribution < 1.29 is 4.79 Å². The molecule has 0 spiro atoms. The Kier molecular flexibility index (Phi) is 4.80. The van der Waals surface area contributed by atoms with Gasteiger partial charge in [-0.15, -0.1) is 0 Å². The van der Waals surface area contributed by atoms with E-state index >= 15 is 0 Å². The number of amides is 1. The number of aromatic nitrogens is 2. The summed E-state index contributed by atoms with van der Waals surface area (Å²) in [7, 11) is 0. The number of rotatable bonds is 3. The van der Waals surface area contributed by atoms with Gasteiger partial charge >= 0.3 is 0 Å². The quantitative estimate of drug-likeness (QED) is 0.647. The first kappa shape index (κ1) is 18.5. The zero-order chi connectivity index (χ0) is 19.8. The van der Waals surface area contributed by atoms with Crippen LogP contribution in [-0.4, -0.2) is 33.7 Å². The van der Waals surface area contributed by atoms with Gasteiger partial charge < -0.3 is 4.90 Å². The van der Waals surface area contributed by atoms with Crippen LogP contribution in [0.15, 0.2) is 42.5 Å². The first-order chi connectivity index (χ1) is 13.4. The van der Waals surface area contributed by atoms with E-state index in [0.29, 0.717) is 5.69 Å². The van der Waals surface area contributed by atoms with Crippen molar-refractivity contribution >= 4 is 5.91 Å². The lowest BCUT2D eigenvalue weighted by molar-refractivity contribution is 0.0784. The lowest BCUT2D eigenvalue weighted by Gasteiger charge is -2.17. The zero-order valence-electron chi connectivity index (χ0n) is 17.1. The molecule has 1 aliphatic rings. The monoisotopic (exact) mass is 373 g/mol. The summed E-state index contributed by atoms with van der Waals surface area (Å²) in [5.41, 5.74) is 8.29. The minimum Gasteiger partial charge on any atom is -0.337 e. The number of benzene rings is 2. The first-order valence-electron chi connectivity index (χ1n) is 9.98. The van der Waals surface area contributed by atoms with Gasteiger partial charge in [0.25, 0.3) is 5.91 Å². The maximum absolute atomic E-state index is 13.3. The van der Waals surface area contributed by atoms with E-state index in [1.54, 1.807) is 0 Å². The summed E-state index contributed by atoms with van der Waals surface area (Å²) in [5.74, 6) is 0.0695. The predicted molar refractivity (Wildman–Crippen MR) is 113 cm³/mol. The molecule has 1 amide bonds. The Labute approximate surface area is 166 Å². The van der Waals surface area contributed by atoms with Crippen molar-refractivity contribution in [2.24, 2.45) is 0 Å². The number of likely N-dealkylation sites (tertiary alicyclic amines) is 1. The average molecular weight is 374 g/mol. The van der Waals surface area contributed by atoms with Gasteiger partial charge in [0.1, 0.15) is 5.69 Å². The molecule has 3 aromatic rings. The van der Waals surface area contributed by atoms with Gasteiger partial charge in [0, 0.05) is 18.7 Å². The Balaban J connectivity index is 1.85. The Bertz CT molecular complexity index is 1040. The van der Waals surface area contributed by atoms with Crippen molar-refractivity contribution in [3.8, 4) is 16.9 Å².